The van der Waals surface area contributed by atoms with Crippen molar-refractivity contribution in [3.8, 4) is 11.5 Å². The van der Waals surface area contributed by atoms with E-state index >= 15 is 0 Å². The van der Waals surface area contributed by atoms with E-state index in [1.165, 1.54) is 0 Å². The SMILES string of the molecule is CC[C@@](OP(=O)(O)O[C@](CC)(c1cccc(OC)c1)[C@H](C)CN(C)C)(c1cccc(OC)c1)[C@H](C)CN(C)C. The van der Waals surface area contributed by atoms with E-state index in [-0.39, 0.29) is 11.8 Å². The molecule has 39 heavy (non-hydrogen) atoms. The summed E-state index contributed by atoms with van der Waals surface area (Å²) in [6.45, 7) is 9.28. The summed E-state index contributed by atoms with van der Waals surface area (Å²) in [6.07, 6.45) is 0.906. The topological polar surface area (TPSA) is 80.7 Å². The van der Waals surface area contributed by atoms with Gasteiger partial charge in [0, 0.05) is 24.9 Å². The van der Waals surface area contributed by atoms with Crippen molar-refractivity contribution in [2.75, 3.05) is 55.5 Å². The lowest BCUT2D eigenvalue weighted by molar-refractivity contribution is -0.0797. The Labute approximate surface area is 235 Å². The Balaban J connectivity index is 2.67. The minimum absolute atomic E-state index is 0.152. The minimum atomic E-state index is -4.66. The molecule has 1 N–H and O–H groups in total. The minimum Gasteiger partial charge on any atom is -0.497 e. The quantitative estimate of drug-likeness (QED) is 0.244. The van der Waals surface area contributed by atoms with Crippen LogP contribution in [0.4, 0.5) is 0 Å². The Hall–Kier alpha value is -1.93. The molecule has 0 spiro atoms. The lowest BCUT2D eigenvalue weighted by atomic mass is 9.80. The van der Waals surface area contributed by atoms with Gasteiger partial charge in [0.2, 0.25) is 0 Å². The van der Waals surface area contributed by atoms with Gasteiger partial charge in [0.15, 0.2) is 0 Å². The second kappa shape index (κ2) is 14.1. The van der Waals surface area contributed by atoms with E-state index in [9.17, 15) is 9.46 Å². The molecule has 8 nitrogen and oxygen atoms in total. The molecule has 0 saturated heterocycles. The first-order chi connectivity index (χ1) is 18.3. The monoisotopic (exact) mass is 564 g/mol. The van der Waals surface area contributed by atoms with E-state index in [0.29, 0.717) is 37.4 Å². The van der Waals surface area contributed by atoms with Crippen LogP contribution < -0.4 is 9.47 Å². The standard InChI is InChI=1S/C30H49N2O6P/c1-11-29(23(3)21-31(5)6,25-15-13-17-27(19-25)35-9)37-39(33,34)38-30(12-2,24(4)22-32(7)8)26-16-14-18-28(20-26)36-10/h13-20,23-24H,11-12,21-22H2,1-10H3,(H,33,34)/t23-,24-,29+,30+/m1/s1. The number of phosphoric acid groups is 1. The molecule has 0 bridgehead atoms. The summed E-state index contributed by atoms with van der Waals surface area (Å²) in [4.78, 5) is 15.7. The Morgan fingerprint density at radius 3 is 1.41 bits per heavy atom. The molecule has 2 rings (SSSR count). The van der Waals surface area contributed by atoms with Crippen LogP contribution in [0.2, 0.25) is 0 Å². The number of methoxy groups -OCH3 is 2. The number of ether oxygens (including phenoxy) is 2. The molecular weight excluding hydrogens is 515 g/mol. The number of nitrogens with zero attached hydrogens (tertiary/aromatic N) is 2. The molecule has 0 amide bonds. The first-order valence-electron chi connectivity index (χ1n) is 13.6. The lowest BCUT2D eigenvalue weighted by Crippen LogP contribution is -2.43. The van der Waals surface area contributed by atoms with Gasteiger partial charge in [-0.1, -0.05) is 52.0 Å². The van der Waals surface area contributed by atoms with Gasteiger partial charge >= 0.3 is 7.82 Å². The van der Waals surface area contributed by atoms with Crippen molar-refractivity contribution >= 4 is 7.82 Å². The van der Waals surface area contributed by atoms with Crippen molar-refractivity contribution in [2.24, 2.45) is 11.8 Å². The molecule has 0 aliphatic rings. The lowest BCUT2D eigenvalue weighted by Gasteiger charge is -2.44. The summed E-state index contributed by atoms with van der Waals surface area (Å²) in [5, 5.41) is 0. The van der Waals surface area contributed by atoms with Gasteiger partial charge in [-0.2, -0.15) is 0 Å². The molecule has 0 heterocycles. The highest BCUT2D eigenvalue weighted by Gasteiger charge is 2.50. The van der Waals surface area contributed by atoms with Crippen molar-refractivity contribution in [2.45, 2.75) is 51.7 Å². The fourth-order valence-corrected chi connectivity index (χ4v) is 7.37. The molecule has 2 aromatic rings. The maximum absolute atomic E-state index is 14.2. The molecule has 0 aliphatic carbocycles. The third-order valence-electron chi connectivity index (χ3n) is 7.59. The van der Waals surface area contributed by atoms with Crippen LogP contribution in [0.5, 0.6) is 11.5 Å². The average molecular weight is 565 g/mol. The molecule has 0 saturated carbocycles. The third-order valence-corrected chi connectivity index (χ3v) is 8.71. The van der Waals surface area contributed by atoms with Crippen LogP contribution in [0.3, 0.4) is 0 Å². The van der Waals surface area contributed by atoms with Crippen LogP contribution in [0.1, 0.15) is 51.7 Å². The summed E-state index contributed by atoms with van der Waals surface area (Å²) >= 11 is 0. The van der Waals surface area contributed by atoms with Crippen LogP contribution in [0.25, 0.3) is 0 Å². The molecular formula is C30H49N2O6P. The smallest absolute Gasteiger partial charge is 0.473 e. The first kappa shape index (κ1) is 33.3. The summed E-state index contributed by atoms with van der Waals surface area (Å²) in [5.41, 5.74) is -0.688. The highest BCUT2D eigenvalue weighted by atomic mass is 31.2. The fourth-order valence-electron chi connectivity index (χ4n) is 5.68. The van der Waals surface area contributed by atoms with E-state index in [2.05, 4.69) is 0 Å². The van der Waals surface area contributed by atoms with Gasteiger partial charge in [-0.3, -0.25) is 9.05 Å². The Morgan fingerprint density at radius 2 is 1.13 bits per heavy atom. The van der Waals surface area contributed by atoms with E-state index < -0.39 is 19.0 Å². The highest BCUT2D eigenvalue weighted by Crippen LogP contribution is 2.60. The number of hydrogen-bond donors (Lipinski definition) is 1. The van der Waals surface area contributed by atoms with Gasteiger partial charge in [-0.25, -0.2) is 4.57 Å². The molecule has 4 atom stereocenters. The zero-order valence-electron chi connectivity index (χ0n) is 25.4. The maximum Gasteiger partial charge on any atom is 0.473 e. The van der Waals surface area contributed by atoms with Gasteiger partial charge < -0.3 is 24.2 Å². The van der Waals surface area contributed by atoms with Crippen molar-refractivity contribution in [3.05, 3.63) is 59.7 Å². The van der Waals surface area contributed by atoms with E-state index in [0.717, 1.165) is 11.1 Å². The zero-order valence-corrected chi connectivity index (χ0v) is 26.3. The molecule has 0 radical (unpaired) electrons. The van der Waals surface area contributed by atoms with Crippen molar-refractivity contribution in [1.82, 2.24) is 9.80 Å². The molecule has 0 aromatic heterocycles. The first-order valence-corrected chi connectivity index (χ1v) is 15.1. The Kier molecular flexibility index (Phi) is 12.0. The largest absolute Gasteiger partial charge is 0.497 e. The van der Waals surface area contributed by atoms with Gasteiger partial charge in [0.05, 0.1) is 14.2 Å². The fraction of sp³-hybridized carbons (Fsp3) is 0.600. The highest BCUT2D eigenvalue weighted by molar-refractivity contribution is 7.47. The predicted molar refractivity (Wildman–Crippen MR) is 157 cm³/mol. The van der Waals surface area contributed by atoms with Gasteiger partial charge in [0.1, 0.15) is 22.7 Å². The van der Waals surface area contributed by atoms with Crippen molar-refractivity contribution < 1.29 is 28.0 Å². The normalized spacial score (nSPS) is 16.9. The number of benzene rings is 2. The van der Waals surface area contributed by atoms with Crippen LogP contribution >= 0.6 is 7.82 Å². The summed E-state index contributed by atoms with van der Waals surface area (Å²) < 4.78 is 37.9. The van der Waals surface area contributed by atoms with E-state index in [1.807, 2.05) is 114 Å². The second-order valence-electron chi connectivity index (χ2n) is 10.9. The number of phosphoric ester groups is 1. The molecule has 0 unspecified atom stereocenters. The van der Waals surface area contributed by atoms with Crippen LogP contribution in [0.15, 0.2) is 48.5 Å². The molecule has 0 fully saturated rings. The summed E-state index contributed by atoms with van der Waals surface area (Å²) in [5.74, 6) is 0.999. The Morgan fingerprint density at radius 1 is 0.769 bits per heavy atom. The molecule has 9 heteroatoms. The summed E-state index contributed by atoms with van der Waals surface area (Å²) in [7, 11) is 6.46. The van der Waals surface area contributed by atoms with Crippen molar-refractivity contribution in [1.29, 1.82) is 0 Å². The average Bonchev–Trinajstić information content (AvgIpc) is 2.89. The number of rotatable bonds is 16. The second-order valence-corrected chi connectivity index (χ2v) is 12.2. The van der Waals surface area contributed by atoms with Crippen LogP contribution in [-0.4, -0.2) is 70.2 Å². The van der Waals surface area contributed by atoms with Gasteiger partial charge in [-0.15, -0.1) is 0 Å². The van der Waals surface area contributed by atoms with E-state index in [4.69, 9.17) is 18.5 Å². The third kappa shape index (κ3) is 8.06. The Bertz CT molecular complexity index is 1020. The van der Waals surface area contributed by atoms with Gasteiger partial charge in [0.25, 0.3) is 0 Å². The van der Waals surface area contributed by atoms with E-state index in [1.54, 1.807) is 14.2 Å². The maximum atomic E-state index is 14.2. The van der Waals surface area contributed by atoms with Crippen LogP contribution in [-0.2, 0) is 24.8 Å². The van der Waals surface area contributed by atoms with Crippen LogP contribution in [0, 0.1) is 11.8 Å². The summed E-state index contributed by atoms with van der Waals surface area (Å²) in [6, 6.07) is 15.0. The van der Waals surface area contributed by atoms with Gasteiger partial charge in [-0.05, 0) is 76.4 Å². The molecule has 220 valence electrons. The zero-order chi connectivity index (χ0) is 29.4. The number of hydrogen-bond acceptors (Lipinski definition) is 7. The predicted octanol–water partition coefficient (Wildman–Crippen LogP) is 6.14. The van der Waals surface area contributed by atoms with Crippen molar-refractivity contribution in [3.63, 3.8) is 0 Å². The molecule has 0 aliphatic heterocycles. The molecule has 2 aromatic carbocycles.